The predicted molar refractivity (Wildman–Crippen MR) is 89.4 cm³/mol. The summed E-state index contributed by atoms with van der Waals surface area (Å²) in [5.74, 6) is 0.536. The van der Waals surface area contributed by atoms with Gasteiger partial charge in [0.2, 0.25) is 5.91 Å². The molecule has 2 unspecified atom stereocenters. The van der Waals surface area contributed by atoms with E-state index in [4.69, 9.17) is 10.5 Å². The standard InChI is InChI=1S/C16H21N3O2S/c1-16(17)9-4-3-6-10(16)14(20)19-15-18-13-11(21-2)7-5-8-12(13)22-15/h5,7-8,10H,3-4,6,9,17H2,1-2H3,(H,18,19,20). The molecule has 1 amide bonds. The number of thiazole rings is 1. The number of hydrogen-bond donors (Lipinski definition) is 2. The van der Waals surface area contributed by atoms with Gasteiger partial charge in [0.15, 0.2) is 5.13 Å². The molecule has 0 aliphatic heterocycles. The number of nitrogens with two attached hydrogens (primary N) is 1. The Kier molecular flexibility index (Phi) is 4.06. The maximum atomic E-state index is 12.6. The number of benzene rings is 1. The summed E-state index contributed by atoms with van der Waals surface area (Å²) in [4.78, 5) is 17.0. The van der Waals surface area contributed by atoms with Crippen molar-refractivity contribution in [3.05, 3.63) is 18.2 Å². The van der Waals surface area contributed by atoms with Gasteiger partial charge in [-0.25, -0.2) is 4.98 Å². The van der Waals surface area contributed by atoms with E-state index in [2.05, 4.69) is 10.3 Å². The zero-order chi connectivity index (χ0) is 15.7. The van der Waals surface area contributed by atoms with Gasteiger partial charge in [-0.2, -0.15) is 0 Å². The van der Waals surface area contributed by atoms with Crippen LogP contribution in [0.2, 0.25) is 0 Å². The summed E-state index contributed by atoms with van der Waals surface area (Å²) in [6.07, 6.45) is 3.87. The second kappa shape index (κ2) is 5.85. The Morgan fingerprint density at radius 2 is 2.32 bits per heavy atom. The van der Waals surface area contributed by atoms with E-state index in [9.17, 15) is 4.79 Å². The van der Waals surface area contributed by atoms with Gasteiger partial charge in [0.1, 0.15) is 11.3 Å². The van der Waals surface area contributed by atoms with Crippen molar-refractivity contribution >= 4 is 32.6 Å². The number of methoxy groups -OCH3 is 1. The van der Waals surface area contributed by atoms with Crippen LogP contribution in [0.5, 0.6) is 5.75 Å². The third kappa shape index (κ3) is 2.80. The van der Waals surface area contributed by atoms with Gasteiger partial charge in [0.05, 0.1) is 17.7 Å². The summed E-state index contributed by atoms with van der Waals surface area (Å²) in [5.41, 5.74) is 6.65. The first-order chi connectivity index (χ1) is 10.5. The minimum atomic E-state index is -0.434. The molecule has 1 aromatic carbocycles. The summed E-state index contributed by atoms with van der Waals surface area (Å²) in [7, 11) is 1.62. The first kappa shape index (κ1) is 15.2. The highest BCUT2D eigenvalue weighted by Crippen LogP contribution is 2.35. The van der Waals surface area contributed by atoms with Crippen molar-refractivity contribution < 1.29 is 9.53 Å². The van der Waals surface area contributed by atoms with E-state index in [1.807, 2.05) is 25.1 Å². The number of carbonyl (C=O) groups is 1. The van der Waals surface area contributed by atoms with Gasteiger partial charge in [0, 0.05) is 5.54 Å². The Hall–Kier alpha value is -1.66. The van der Waals surface area contributed by atoms with Crippen LogP contribution >= 0.6 is 11.3 Å². The molecule has 1 saturated carbocycles. The summed E-state index contributed by atoms with van der Waals surface area (Å²) in [6.45, 7) is 1.97. The van der Waals surface area contributed by atoms with Crippen molar-refractivity contribution in [1.29, 1.82) is 0 Å². The topological polar surface area (TPSA) is 77.2 Å². The summed E-state index contributed by atoms with van der Waals surface area (Å²) in [6, 6.07) is 5.76. The number of aromatic nitrogens is 1. The number of para-hydroxylation sites is 1. The molecule has 1 aromatic heterocycles. The number of nitrogens with one attached hydrogen (secondary N) is 1. The van der Waals surface area contributed by atoms with Gasteiger partial charge in [-0.15, -0.1) is 0 Å². The van der Waals surface area contributed by atoms with Crippen LogP contribution in [0.3, 0.4) is 0 Å². The molecule has 3 N–H and O–H groups in total. The quantitative estimate of drug-likeness (QED) is 0.911. The minimum Gasteiger partial charge on any atom is -0.494 e. The monoisotopic (exact) mass is 319 g/mol. The Morgan fingerprint density at radius 1 is 1.50 bits per heavy atom. The second-order valence-electron chi connectivity index (χ2n) is 6.12. The molecule has 1 heterocycles. The number of nitrogens with zero attached hydrogens (tertiary/aromatic N) is 1. The normalized spacial score (nSPS) is 25.1. The molecule has 2 aromatic rings. The zero-order valence-corrected chi connectivity index (χ0v) is 13.7. The Labute approximate surface area is 133 Å². The smallest absolute Gasteiger partial charge is 0.231 e. The lowest BCUT2D eigenvalue weighted by atomic mass is 9.74. The molecule has 1 aliphatic rings. The largest absolute Gasteiger partial charge is 0.494 e. The maximum Gasteiger partial charge on any atom is 0.231 e. The lowest BCUT2D eigenvalue weighted by Crippen LogP contribution is -2.51. The molecule has 0 saturated heterocycles. The van der Waals surface area contributed by atoms with E-state index in [0.29, 0.717) is 5.13 Å². The van der Waals surface area contributed by atoms with Crippen LogP contribution in [0, 0.1) is 5.92 Å². The van der Waals surface area contributed by atoms with E-state index in [0.717, 1.165) is 41.6 Å². The fourth-order valence-corrected chi connectivity index (χ4v) is 4.01. The van der Waals surface area contributed by atoms with Crippen molar-refractivity contribution in [2.45, 2.75) is 38.1 Å². The molecule has 22 heavy (non-hydrogen) atoms. The zero-order valence-electron chi connectivity index (χ0n) is 12.9. The Bertz CT molecular complexity index is 696. The number of anilines is 1. The maximum absolute atomic E-state index is 12.6. The predicted octanol–water partition coefficient (Wildman–Crippen LogP) is 3.15. The molecule has 6 heteroatoms. The van der Waals surface area contributed by atoms with Crippen molar-refractivity contribution in [2.75, 3.05) is 12.4 Å². The molecular weight excluding hydrogens is 298 g/mol. The van der Waals surface area contributed by atoms with Gasteiger partial charge in [0.25, 0.3) is 0 Å². The lowest BCUT2D eigenvalue weighted by Gasteiger charge is -2.36. The summed E-state index contributed by atoms with van der Waals surface area (Å²) in [5, 5.41) is 3.54. The molecular formula is C16H21N3O2S. The van der Waals surface area contributed by atoms with Gasteiger partial charge < -0.3 is 15.8 Å². The van der Waals surface area contributed by atoms with Crippen LogP contribution in [0.15, 0.2) is 18.2 Å². The highest BCUT2D eigenvalue weighted by atomic mass is 32.1. The van der Waals surface area contributed by atoms with Gasteiger partial charge in [-0.1, -0.05) is 30.2 Å². The Balaban J connectivity index is 1.82. The third-order valence-electron chi connectivity index (χ3n) is 4.40. The molecule has 118 valence electrons. The van der Waals surface area contributed by atoms with E-state index in [1.165, 1.54) is 11.3 Å². The van der Waals surface area contributed by atoms with Crippen LogP contribution in [0.1, 0.15) is 32.6 Å². The first-order valence-corrected chi connectivity index (χ1v) is 8.36. The van der Waals surface area contributed by atoms with Crippen LogP contribution in [-0.2, 0) is 4.79 Å². The van der Waals surface area contributed by atoms with Crippen molar-refractivity contribution in [3.8, 4) is 5.75 Å². The van der Waals surface area contributed by atoms with Gasteiger partial charge in [-0.05, 0) is 31.9 Å². The highest BCUT2D eigenvalue weighted by Gasteiger charge is 2.38. The molecule has 3 rings (SSSR count). The lowest BCUT2D eigenvalue weighted by molar-refractivity contribution is -0.122. The molecule has 1 aliphatic carbocycles. The van der Waals surface area contributed by atoms with E-state index >= 15 is 0 Å². The molecule has 5 nitrogen and oxygen atoms in total. The summed E-state index contributed by atoms with van der Waals surface area (Å²) < 4.78 is 6.30. The van der Waals surface area contributed by atoms with Crippen molar-refractivity contribution in [3.63, 3.8) is 0 Å². The number of carbonyl (C=O) groups excluding carboxylic acids is 1. The van der Waals surface area contributed by atoms with Crippen molar-refractivity contribution in [1.82, 2.24) is 4.98 Å². The van der Waals surface area contributed by atoms with E-state index < -0.39 is 5.54 Å². The third-order valence-corrected chi connectivity index (χ3v) is 5.34. The summed E-state index contributed by atoms with van der Waals surface area (Å²) >= 11 is 1.46. The molecule has 0 bridgehead atoms. The van der Waals surface area contributed by atoms with E-state index in [1.54, 1.807) is 7.11 Å². The van der Waals surface area contributed by atoms with Gasteiger partial charge >= 0.3 is 0 Å². The molecule has 0 spiro atoms. The number of rotatable bonds is 3. The number of ether oxygens (including phenoxy) is 1. The van der Waals surface area contributed by atoms with Crippen LogP contribution in [0.25, 0.3) is 10.2 Å². The fraction of sp³-hybridized carbons (Fsp3) is 0.500. The van der Waals surface area contributed by atoms with Crippen LogP contribution in [0.4, 0.5) is 5.13 Å². The molecule has 1 fully saturated rings. The average molecular weight is 319 g/mol. The number of hydrogen-bond acceptors (Lipinski definition) is 5. The number of fused-ring (bicyclic) bond motifs is 1. The van der Waals surface area contributed by atoms with Crippen molar-refractivity contribution in [2.24, 2.45) is 11.7 Å². The fourth-order valence-electron chi connectivity index (χ4n) is 3.12. The Morgan fingerprint density at radius 3 is 3.05 bits per heavy atom. The number of amides is 1. The van der Waals surface area contributed by atoms with E-state index in [-0.39, 0.29) is 11.8 Å². The molecule has 2 atom stereocenters. The SMILES string of the molecule is COc1cccc2sc(NC(=O)C3CCCCC3(C)N)nc12. The van der Waals surface area contributed by atoms with Crippen LogP contribution in [-0.4, -0.2) is 23.5 Å². The average Bonchev–Trinajstić information content (AvgIpc) is 2.88. The molecule has 0 radical (unpaired) electrons. The minimum absolute atomic E-state index is 0.0253. The highest BCUT2D eigenvalue weighted by molar-refractivity contribution is 7.22. The van der Waals surface area contributed by atoms with Crippen LogP contribution < -0.4 is 15.8 Å². The second-order valence-corrected chi connectivity index (χ2v) is 7.15. The van der Waals surface area contributed by atoms with Gasteiger partial charge in [-0.3, -0.25) is 4.79 Å². The first-order valence-electron chi connectivity index (χ1n) is 7.54.